The highest BCUT2D eigenvalue weighted by atomic mass is 35.5. The third kappa shape index (κ3) is 5.83. The summed E-state index contributed by atoms with van der Waals surface area (Å²) in [5.41, 5.74) is 2.81. The number of amides is 2. The molecule has 31 heavy (non-hydrogen) atoms. The zero-order valence-electron chi connectivity index (χ0n) is 17.6. The zero-order valence-corrected chi connectivity index (χ0v) is 18.3. The van der Waals surface area contributed by atoms with Gasteiger partial charge in [0, 0.05) is 16.6 Å². The minimum atomic E-state index is -0.324. The zero-order chi connectivity index (χ0) is 22.2. The molecule has 0 aliphatic heterocycles. The number of halogens is 1. The van der Waals surface area contributed by atoms with Crippen molar-refractivity contribution in [2.75, 3.05) is 5.32 Å². The minimum Gasteiger partial charge on any atom is -0.350 e. The molecule has 2 N–H and O–H groups in total. The molecule has 0 radical (unpaired) electrons. The number of hydrogen-bond donors (Lipinski definition) is 2. The fourth-order valence-corrected chi connectivity index (χ4v) is 3.22. The van der Waals surface area contributed by atoms with E-state index >= 15 is 0 Å². The quantitative estimate of drug-likeness (QED) is 0.353. The lowest BCUT2D eigenvalue weighted by atomic mass is 10.0. The summed E-state index contributed by atoms with van der Waals surface area (Å²) < 4.78 is 0. The molecule has 0 saturated carbocycles. The van der Waals surface area contributed by atoms with Gasteiger partial charge in [-0.25, -0.2) is 0 Å². The molecule has 0 unspecified atom stereocenters. The number of benzene rings is 3. The Morgan fingerprint density at radius 3 is 2.29 bits per heavy atom. The Morgan fingerprint density at radius 1 is 0.935 bits per heavy atom. The van der Waals surface area contributed by atoms with Crippen LogP contribution in [0, 0.1) is 0 Å². The first-order valence-electron chi connectivity index (χ1n) is 10.2. The summed E-state index contributed by atoms with van der Waals surface area (Å²) in [6, 6.07) is 23.7. The van der Waals surface area contributed by atoms with Crippen molar-refractivity contribution in [1.82, 2.24) is 5.32 Å². The number of rotatable bonds is 7. The Labute approximate surface area is 188 Å². The lowest BCUT2D eigenvalue weighted by Crippen LogP contribution is -2.32. The summed E-state index contributed by atoms with van der Waals surface area (Å²) >= 11 is 6.32. The number of para-hydroxylation sites is 1. The van der Waals surface area contributed by atoms with Crippen LogP contribution in [0.3, 0.4) is 0 Å². The molecule has 0 fully saturated rings. The van der Waals surface area contributed by atoms with E-state index in [1.165, 1.54) is 0 Å². The molecule has 4 nitrogen and oxygen atoms in total. The average molecular weight is 433 g/mol. The predicted molar refractivity (Wildman–Crippen MR) is 128 cm³/mol. The molecular formula is C26H25ClN2O2. The lowest BCUT2D eigenvalue weighted by Gasteiger charge is -2.16. The number of nitrogens with one attached hydrogen (secondary N) is 2. The van der Waals surface area contributed by atoms with Gasteiger partial charge in [-0.1, -0.05) is 79.2 Å². The standard InChI is InChI=1S/C26H25ClN2O2/c1-3-18(2)28-25(30)21-14-8-10-16-24(21)29-26(31)22(19-11-5-4-6-12-19)17-20-13-7-9-15-23(20)27/h4-18H,3H2,1-2H3,(H,28,30)(H,29,31)/b22-17+/t18-/m0/s1. The van der Waals surface area contributed by atoms with Crippen molar-refractivity contribution in [2.45, 2.75) is 26.3 Å². The Bertz CT molecular complexity index is 1090. The van der Waals surface area contributed by atoms with E-state index in [4.69, 9.17) is 11.6 Å². The van der Waals surface area contributed by atoms with Crippen molar-refractivity contribution in [3.8, 4) is 0 Å². The first kappa shape index (κ1) is 22.3. The average Bonchev–Trinajstić information content (AvgIpc) is 2.79. The highest BCUT2D eigenvalue weighted by Crippen LogP contribution is 2.25. The van der Waals surface area contributed by atoms with Crippen LogP contribution in [0.2, 0.25) is 5.02 Å². The summed E-state index contributed by atoms with van der Waals surface area (Å²) in [4.78, 5) is 26.0. The van der Waals surface area contributed by atoms with Crippen LogP contribution in [0.5, 0.6) is 0 Å². The molecule has 0 saturated heterocycles. The van der Waals surface area contributed by atoms with Crippen molar-refractivity contribution in [3.63, 3.8) is 0 Å². The molecule has 5 heteroatoms. The van der Waals surface area contributed by atoms with Gasteiger partial charge in [0.1, 0.15) is 0 Å². The fraction of sp³-hybridized carbons (Fsp3) is 0.154. The molecular weight excluding hydrogens is 408 g/mol. The topological polar surface area (TPSA) is 58.2 Å². The van der Waals surface area contributed by atoms with Crippen LogP contribution < -0.4 is 10.6 Å². The van der Waals surface area contributed by atoms with Crippen molar-refractivity contribution < 1.29 is 9.59 Å². The van der Waals surface area contributed by atoms with Crippen LogP contribution in [0.15, 0.2) is 78.9 Å². The Kier molecular flexibility index (Phi) is 7.63. The number of carbonyl (C=O) groups is 2. The van der Waals surface area contributed by atoms with Crippen molar-refractivity contribution in [2.24, 2.45) is 0 Å². The largest absolute Gasteiger partial charge is 0.350 e. The Balaban J connectivity index is 1.96. The molecule has 1 atom stereocenters. The highest BCUT2D eigenvalue weighted by Gasteiger charge is 2.18. The van der Waals surface area contributed by atoms with E-state index in [2.05, 4.69) is 10.6 Å². The van der Waals surface area contributed by atoms with Gasteiger partial charge in [-0.15, -0.1) is 0 Å². The van der Waals surface area contributed by atoms with Crippen LogP contribution in [0.1, 0.15) is 41.8 Å². The molecule has 3 aromatic rings. The van der Waals surface area contributed by atoms with E-state index in [1.807, 2.05) is 62.4 Å². The number of anilines is 1. The fourth-order valence-electron chi connectivity index (χ4n) is 3.03. The normalized spacial score (nSPS) is 12.2. The van der Waals surface area contributed by atoms with Gasteiger partial charge in [-0.2, -0.15) is 0 Å². The summed E-state index contributed by atoms with van der Waals surface area (Å²) in [5.74, 6) is -0.545. The second-order valence-corrected chi connectivity index (χ2v) is 7.64. The molecule has 3 rings (SSSR count). The number of hydrogen-bond acceptors (Lipinski definition) is 2. The molecule has 2 amide bonds. The molecule has 0 bridgehead atoms. The maximum Gasteiger partial charge on any atom is 0.256 e. The summed E-state index contributed by atoms with van der Waals surface area (Å²) in [6.45, 7) is 3.95. The van der Waals surface area contributed by atoms with Gasteiger partial charge in [-0.05, 0) is 48.7 Å². The van der Waals surface area contributed by atoms with E-state index in [0.717, 1.165) is 17.5 Å². The first-order valence-corrected chi connectivity index (χ1v) is 10.6. The highest BCUT2D eigenvalue weighted by molar-refractivity contribution is 6.34. The molecule has 0 aliphatic rings. The summed E-state index contributed by atoms with van der Waals surface area (Å²) in [7, 11) is 0. The summed E-state index contributed by atoms with van der Waals surface area (Å²) in [6.07, 6.45) is 2.58. The first-order chi connectivity index (χ1) is 15.0. The van der Waals surface area contributed by atoms with Gasteiger partial charge in [0.25, 0.3) is 11.8 Å². The van der Waals surface area contributed by atoms with Gasteiger partial charge in [-0.3, -0.25) is 9.59 Å². The van der Waals surface area contributed by atoms with Crippen molar-refractivity contribution >= 4 is 40.8 Å². The number of carbonyl (C=O) groups excluding carboxylic acids is 2. The lowest BCUT2D eigenvalue weighted by molar-refractivity contribution is -0.111. The van der Waals surface area contributed by atoms with Crippen LogP contribution >= 0.6 is 11.6 Å². The maximum atomic E-state index is 13.3. The smallest absolute Gasteiger partial charge is 0.256 e. The summed E-state index contributed by atoms with van der Waals surface area (Å²) in [5, 5.41) is 6.41. The monoisotopic (exact) mass is 432 g/mol. The van der Waals surface area contributed by atoms with E-state index in [9.17, 15) is 9.59 Å². The molecule has 0 aromatic heterocycles. The van der Waals surface area contributed by atoms with Crippen LogP contribution in [-0.4, -0.2) is 17.9 Å². The molecule has 0 heterocycles. The van der Waals surface area contributed by atoms with Gasteiger partial charge in [0.05, 0.1) is 11.3 Å². The molecule has 0 spiro atoms. The van der Waals surface area contributed by atoms with Gasteiger partial charge >= 0.3 is 0 Å². The molecule has 0 aliphatic carbocycles. The van der Waals surface area contributed by atoms with Crippen molar-refractivity contribution in [1.29, 1.82) is 0 Å². The second-order valence-electron chi connectivity index (χ2n) is 7.23. The minimum absolute atomic E-state index is 0.0382. The van der Waals surface area contributed by atoms with Crippen LogP contribution in [0.25, 0.3) is 11.6 Å². The van der Waals surface area contributed by atoms with E-state index in [1.54, 1.807) is 36.4 Å². The van der Waals surface area contributed by atoms with E-state index < -0.39 is 0 Å². The van der Waals surface area contributed by atoms with E-state index in [0.29, 0.717) is 21.8 Å². The van der Waals surface area contributed by atoms with Crippen LogP contribution in [-0.2, 0) is 4.79 Å². The Hall–Kier alpha value is -3.37. The van der Waals surface area contributed by atoms with Crippen molar-refractivity contribution in [3.05, 3.63) is 101 Å². The second kappa shape index (κ2) is 10.6. The molecule has 158 valence electrons. The SMILES string of the molecule is CC[C@H](C)NC(=O)c1ccccc1NC(=O)/C(=C/c1ccccc1Cl)c1ccccc1. The maximum absolute atomic E-state index is 13.3. The molecule has 3 aromatic carbocycles. The third-order valence-electron chi connectivity index (χ3n) is 4.94. The van der Waals surface area contributed by atoms with E-state index in [-0.39, 0.29) is 17.9 Å². The van der Waals surface area contributed by atoms with Gasteiger partial charge in [0.15, 0.2) is 0 Å². The van der Waals surface area contributed by atoms with Crippen LogP contribution in [0.4, 0.5) is 5.69 Å². The third-order valence-corrected chi connectivity index (χ3v) is 5.29. The predicted octanol–water partition coefficient (Wildman–Crippen LogP) is 6.05. The van der Waals surface area contributed by atoms with Gasteiger partial charge in [0.2, 0.25) is 0 Å². The Morgan fingerprint density at radius 2 is 1.58 bits per heavy atom. The van der Waals surface area contributed by atoms with Gasteiger partial charge < -0.3 is 10.6 Å².